The van der Waals surface area contributed by atoms with Gasteiger partial charge in [-0.05, 0) is 82.1 Å². The summed E-state index contributed by atoms with van der Waals surface area (Å²) in [5, 5.41) is 12.3. The van der Waals surface area contributed by atoms with Crippen molar-refractivity contribution < 1.29 is 4.79 Å². The quantitative estimate of drug-likeness (QED) is 0.293. The van der Waals surface area contributed by atoms with E-state index in [4.69, 9.17) is 0 Å². The fourth-order valence-electron chi connectivity index (χ4n) is 5.79. The smallest absolute Gasteiger partial charge is 0.163 e. The van der Waals surface area contributed by atoms with Crippen molar-refractivity contribution in [1.29, 1.82) is 0 Å². The molecule has 2 N–H and O–H groups in total. The van der Waals surface area contributed by atoms with Crippen molar-refractivity contribution in [3.8, 4) is 0 Å². The zero-order chi connectivity index (χ0) is 23.6. The molecule has 3 nitrogen and oxygen atoms in total. The van der Waals surface area contributed by atoms with Crippen molar-refractivity contribution in [1.82, 2.24) is 0 Å². The van der Waals surface area contributed by atoms with Gasteiger partial charge in [-0.15, -0.1) is 0 Å². The van der Waals surface area contributed by atoms with Crippen LogP contribution in [0.5, 0.6) is 0 Å². The Bertz CT molecular complexity index is 1470. The summed E-state index contributed by atoms with van der Waals surface area (Å²) in [5.41, 5.74) is 7.62. The number of allylic oxidation sites excluding steroid dienone is 1. The molecule has 1 heterocycles. The van der Waals surface area contributed by atoms with E-state index in [2.05, 4.69) is 105 Å². The highest BCUT2D eigenvalue weighted by Crippen LogP contribution is 2.48. The molecule has 0 spiro atoms. The van der Waals surface area contributed by atoms with Crippen LogP contribution >= 0.6 is 0 Å². The number of fused-ring (bicyclic) bond motifs is 3. The Morgan fingerprint density at radius 3 is 2.03 bits per heavy atom. The molecule has 1 aliphatic heterocycles. The van der Waals surface area contributed by atoms with Crippen molar-refractivity contribution in [2.75, 3.05) is 10.6 Å². The highest BCUT2D eigenvalue weighted by molar-refractivity contribution is 6.07. The summed E-state index contributed by atoms with van der Waals surface area (Å²) in [6, 6.07) is 23.5. The summed E-state index contributed by atoms with van der Waals surface area (Å²) in [5.74, 6) is 0.231. The van der Waals surface area contributed by atoms with Gasteiger partial charge in [-0.3, -0.25) is 4.79 Å². The predicted molar refractivity (Wildman–Crippen MR) is 142 cm³/mol. The van der Waals surface area contributed by atoms with Gasteiger partial charge in [0.2, 0.25) is 0 Å². The molecule has 0 amide bonds. The Kier molecular flexibility index (Phi) is 4.60. The molecule has 34 heavy (non-hydrogen) atoms. The third-order valence-corrected chi connectivity index (χ3v) is 7.53. The van der Waals surface area contributed by atoms with Crippen molar-refractivity contribution in [2.45, 2.75) is 46.6 Å². The van der Waals surface area contributed by atoms with Crippen molar-refractivity contribution in [3.63, 3.8) is 0 Å². The lowest BCUT2D eigenvalue weighted by Gasteiger charge is -2.34. The topological polar surface area (TPSA) is 41.1 Å². The van der Waals surface area contributed by atoms with Gasteiger partial charge < -0.3 is 10.6 Å². The lowest BCUT2D eigenvalue weighted by atomic mass is 9.73. The maximum atomic E-state index is 13.8. The van der Waals surface area contributed by atoms with E-state index in [0.717, 1.165) is 29.1 Å². The number of ketones is 1. The highest BCUT2D eigenvalue weighted by atomic mass is 16.1. The molecule has 4 aromatic carbocycles. The first kappa shape index (κ1) is 21.0. The van der Waals surface area contributed by atoms with Crippen LogP contribution in [0.25, 0.3) is 21.5 Å². The second kappa shape index (κ2) is 7.46. The number of nitrogens with one attached hydrogen (secondary N) is 2. The van der Waals surface area contributed by atoms with Crippen LogP contribution in [0, 0.1) is 19.3 Å². The van der Waals surface area contributed by atoms with Crippen LogP contribution in [0.1, 0.15) is 49.4 Å². The SMILES string of the molecule is Cc1cc2c(cc1C)N[C@@H](c1c3ccccc3cc3ccccc13)C1=C(CC(C)(C)CC1=O)N2. The molecule has 0 aromatic heterocycles. The van der Waals surface area contributed by atoms with Gasteiger partial charge in [-0.1, -0.05) is 62.4 Å². The van der Waals surface area contributed by atoms with E-state index in [0.29, 0.717) is 6.42 Å². The number of carbonyl (C=O) groups excluding carboxylic acids is 1. The molecule has 2 aliphatic rings. The largest absolute Gasteiger partial charge is 0.372 e. The minimum absolute atomic E-state index is 0.0709. The third-order valence-electron chi connectivity index (χ3n) is 7.53. The van der Waals surface area contributed by atoms with Crippen LogP contribution in [0.4, 0.5) is 11.4 Å². The van der Waals surface area contributed by atoms with E-state index in [9.17, 15) is 4.79 Å². The molecule has 1 aliphatic carbocycles. The minimum Gasteiger partial charge on any atom is -0.372 e. The van der Waals surface area contributed by atoms with Gasteiger partial charge in [0, 0.05) is 17.7 Å². The molecule has 0 fully saturated rings. The van der Waals surface area contributed by atoms with Crippen LogP contribution < -0.4 is 10.6 Å². The van der Waals surface area contributed by atoms with E-state index in [1.54, 1.807) is 0 Å². The third kappa shape index (κ3) is 3.30. The van der Waals surface area contributed by atoms with Gasteiger partial charge in [0.25, 0.3) is 0 Å². The summed E-state index contributed by atoms with van der Waals surface area (Å²) in [7, 11) is 0. The van der Waals surface area contributed by atoms with Crippen LogP contribution in [-0.4, -0.2) is 5.78 Å². The van der Waals surface area contributed by atoms with Gasteiger partial charge in [-0.2, -0.15) is 0 Å². The zero-order valence-corrected chi connectivity index (χ0v) is 20.3. The Morgan fingerprint density at radius 1 is 0.794 bits per heavy atom. The number of hydrogen-bond acceptors (Lipinski definition) is 3. The minimum atomic E-state index is -0.231. The van der Waals surface area contributed by atoms with Gasteiger partial charge in [0.1, 0.15) is 0 Å². The summed E-state index contributed by atoms with van der Waals surface area (Å²) < 4.78 is 0. The molecular weight excluding hydrogens is 416 g/mol. The van der Waals surface area contributed by atoms with E-state index in [-0.39, 0.29) is 17.2 Å². The molecule has 1 atom stereocenters. The summed E-state index contributed by atoms with van der Waals surface area (Å²) >= 11 is 0. The molecule has 170 valence electrons. The second-order valence-corrected chi connectivity index (χ2v) is 10.8. The Hall–Kier alpha value is -3.59. The predicted octanol–water partition coefficient (Wildman–Crippen LogP) is 7.83. The fraction of sp³-hybridized carbons (Fsp3) is 0.258. The summed E-state index contributed by atoms with van der Waals surface area (Å²) in [6.07, 6.45) is 1.41. The Balaban J connectivity index is 1.70. The van der Waals surface area contributed by atoms with Crippen LogP contribution in [0.15, 0.2) is 78.0 Å². The average Bonchev–Trinajstić information content (AvgIpc) is 2.93. The first-order valence-corrected chi connectivity index (χ1v) is 12.1. The average molecular weight is 447 g/mol. The molecule has 0 radical (unpaired) electrons. The summed E-state index contributed by atoms with van der Waals surface area (Å²) in [4.78, 5) is 13.8. The fourth-order valence-corrected chi connectivity index (χ4v) is 5.79. The lowest BCUT2D eigenvalue weighted by molar-refractivity contribution is -0.118. The highest BCUT2D eigenvalue weighted by Gasteiger charge is 2.39. The van der Waals surface area contributed by atoms with Gasteiger partial charge in [0.15, 0.2) is 5.78 Å². The molecule has 0 saturated carbocycles. The number of anilines is 2. The molecule has 0 unspecified atom stereocenters. The Morgan fingerprint density at radius 2 is 1.38 bits per heavy atom. The number of aryl methyl sites for hydroxylation is 2. The first-order chi connectivity index (χ1) is 16.3. The van der Waals surface area contributed by atoms with Crippen LogP contribution in [0.2, 0.25) is 0 Å². The van der Waals surface area contributed by atoms with Crippen LogP contribution in [0.3, 0.4) is 0 Å². The number of benzene rings is 4. The van der Waals surface area contributed by atoms with Crippen LogP contribution in [-0.2, 0) is 4.79 Å². The second-order valence-electron chi connectivity index (χ2n) is 10.8. The first-order valence-electron chi connectivity index (χ1n) is 12.1. The maximum Gasteiger partial charge on any atom is 0.163 e. The van der Waals surface area contributed by atoms with Crippen molar-refractivity contribution >= 4 is 38.7 Å². The summed E-state index contributed by atoms with van der Waals surface area (Å²) in [6.45, 7) is 8.67. The van der Waals surface area contributed by atoms with E-state index in [1.165, 1.54) is 38.2 Å². The van der Waals surface area contributed by atoms with Gasteiger partial charge in [0.05, 0.1) is 17.4 Å². The molecule has 0 bridgehead atoms. The lowest BCUT2D eigenvalue weighted by Crippen LogP contribution is -2.31. The monoisotopic (exact) mass is 446 g/mol. The van der Waals surface area contributed by atoms with Gasteiger partial charge >= 0.3 is 0 Å². The normalized spacial score (nSPS) is 19.3. The number of rotatable bonds is 1. The standard InChI is InChI=1S/C31H30N2O/c1-18-13-24-25(14-19(18)2)33-30(29-26(32-24)16-31(3,4)17-27(29)34)28-22-11-7-5-9-20(22)15-21-10-6-8-12-23(21)28/h5-15,30,32-33H,16-17H2,1-4H3/t30-/m0/s1. The maximum absolute atomic E-state index is 13.8. The van der Waals surface area contributed by atoms with Gasteiger partial charge in [-0.25, -0.2) is 0 Å². The van der Waals surface area contributed by atoms with E-state index >= 15 is 0 Å². The molecule has 3 heteroatoms. The molecule has 0 saturated heterocycles. The van der Waals surface area contributed by atoms with E-state index < -0.39 is 0 Å². The number of carbonyl (C=O) groups is 1. The number of Topliss-reactive ketones (excluding diaryl/α,β-unsaturated/α-hetero) is 1. The van der Waals surface area contributed by atoms with E-state index in [1.807, 2.05) is 0 Å². The molecule has 6 rings (SSSR count). The zero-order valence-electron chi connectivity index (χ0n) is 20.3. The van der Waals surface area contributed by atoms with Crippen molar-refractivity contribution in [2.24, 2.45) is 5.41 Å². The molecule has 4 aromatic rings. The number of hydrogen-bond donors (Lipinski definition) is 2. The molecular formula is C31H30N2O. The Labute approximate surface area is 200 Å². The van der Waals surface area contributed by atoms with Crippen molar-refractivity contribution in [3.05, 3.63) is 94.7 Å².